The maximum atomic E-state index is 12.9. The van der Waals surface area contributed by atoms with Gasteiger partial charge in [-0.05, 0) is 85.0 Å². The van der Waals surface area contributed by atoms with Gasteiger partial charge >= 0.3 is 6.09 Å². The zero-order valence-electron chi connectivity index (χ0n) is 19.4. The van der Waals surface area contributed by atoms with Crippen LogP contribution in [-0.2, 0) is 11.2 Å². The summed E-state index contributed by atoms with van der Waals surface area (Å²) in [6, 6.07) is 14.8. The van der Waals surface area contributed by atoms with Crippen molar-refractivity contribution in [3.05, 3.63) is 53.6 Å². The van der Waals surface area contributed by atoms with E-state index in [0.29, 0.717) is 12.5 Å². The number of nitrogens with one attached hydrogen (secondary N) is 1. The molecule has 0 aromatic heterocycles. The van der Waals surface area contributed by atoms with Crippen molar-refractivity contribution < 1.29 is 14.3 Å². The third-order valence-corrected chi connectivity index (χ3v) is 7.50. The van der Waals surface area contributed by atoms with Crippen molar-refractivity contribution in [2.75, 3.05) is 26.2 Å². The van der Waals surface area contributed by atoms with Crippen LogP contribution in [0, 0.1) is 11.3 Å². The summed E-state index contributed by atoms with van der Waals surface area (Å²) in [6.07, 6.45) is 2.97. The lowest BCUT2D eigenvalue weighted by atomic mass is 9.85. The van der Waals surface area contributed by atoms with Gasteiger partial charge in [-0.2, -0.15) is 0 Å². The van der Waals surface area contributed by atoms with Gasteiger partial charge in [-0.1, -0.05) is 44.2 Å². The molecule has 0 spiro atoms. The predicted molar refractivity (Wildman–Crippen MR) is 126 cm³/mol. The van der Waals surface area contributed by atoms with Crippen molar-refractivity contribution in [3.63, 3.8) is 0 Å². The first-order chi connectivity index (χ1) is 15.4. The van der Waals surface area contributed by atoms with E-state index >= 15 is 0 Å². The van der Waals surface area contributed by atoms with Gasteiger partial charge < -0.3 is 14.8 Å². The van der Waals surface area contributed by atoms with E-state index in [0.717, 1.165) is 44.6 Å². The van der Waals surface area contributed by atoms with Gasteiger partial charge in [0.15, 0.2) is 0 Å². The number of carbonyl (C=O) groups is 1. The van der Waals surface area contributed by atoms with Crippen molar-refractivity contribution in [2.24, 2.45) is 11.3 Å². The average Bonchev–Trinajstić information content (AvgIpc) is 3.04. The number of alkyl carbamates (subject to hydrolysis) is 1. The molecule has 0 radical (unpaired) electrons. The largest absolute Gasteiger partial charge is 0.494 e. The molecule has 3 fully saturated rings. The number of hydrogen-bond donors (Lipinski definition) is 1. The summed E-state index contributed by atoms with van der Waals surface area (Å²) < 4.78 is 11.5. The number of nitrogens with zero attached hydrogens (tertiary/aromatic N) is 1. The van der Waals surface area contributed by atoms with Crippen molar-refractivity contribution in [1.29, 1.82) is 0 Å². The highest BCUT2D eigenvalue weighted by atomic mass is 16.6. The Hall–Kier alpha value is -2.53. The second-order valence-corrected chi connectivity index (χ2v) is 10.2. The lowest BCUT2D eigenvalue weighted by molar-refractivity contribution is -0.0348. The quantitative estimate of drug-likeness (QED) is 0.703. The Labute approximate surface area is 191 Å². The first-order valence-corrected chi connectivity index (χ1v) is 12.0. The minimum Gasteiger partial charge on any atom is -0.494 e. The Morgan fingerprint density at radius 2 is 1.81 bits per heavy atom. The fourth-order valence-electron chi connectivity index (χ4n) is 5.75. The van der Waals surface area contributed by atoms with E-state index in [1.165, 1.54) is 22.3 Å². The third-order valence-electron chi connectivity index (χ3n) is 7.50. The zero-order valence-corrected chi connectivity index (χ0v) is 19.4. The number of rotatable bonds is 5. The standard InChI is InChI=1S/C27H34N2O3/c1-4-31-22-8-5-18(6-9-22)20-7-10-23-21(15-20)16-27(2,3)25(23)28-26(30)32-24-17-29-13-11-19(24)12-14-29/h5-10,15,19,24-25H,4,11-14,16-17H2,1-3H3,(H,28,30)/t24-,25-/m0/s1. The molecule has 170 valence electrons. The van der Waals surface area contributed by atoms with Crippen molar-refractivity contribution in [1.82, 2.24) is 10.2 Å². The minimum absolute atomic E-state index is 0.0310. The van der Waals surface area contributed by atoms with Crippen LogP contribution in [0.2, 0.25) is 0 Å². The van der Waals surface area contributed by atoms with Crippen LogP contribution in [0.15, 0.2) is 42.5 Å². The first-order valence-electron chi connectivity index (χ1n) is 12.0. The molecule has 5 nitrogen and oxygen atoms in total. The molecule has 2 aromatic carbocycles. The van der Waals surface area contributed by atoms with E-state index in [-0.39, 0.29) is 23.7 Å². The van der Waals surface area contributed by atoms with E-state index < -0.39 is 0 Å². The highest BCUT2D eigenvalue weighted by Gasteiger charge is 2.42. The summed E-state index contributed by atoms with van der Waals surface area (Å²) in [6.45, 7) is 10.3. The molecule has 1 N–H and O–H groups in total. The number of amides is 1. The van der Waals surface area contributed by atoms with Crippen molar-refractivity contribution in [2.45, 2.75) is 52.2 Å². The minimum atomic E-state index is -0.273. The smallest absolute Gasteiger partial charge is 0.407 e. The molecule has 2 aromatic rings. The molecule has 0 saturated carbocycles. The fraction of sp³-hybridized carbons (Fsp3) is 0.519. The molecule has 5 heteroatoms. The summed E-state index contributed by atoms with van der Waals surface area (Å²) in [5, 5.41) is 3.22. The molecule has 0 unspecified atom stereocenters. The Kier molecular flexibility index (Phi) is 5.62. The van der Waals surface area contributed by atoms with Crippen LogP contribution in [0.25, 0.3) is 11.1 Å². The molecular formula is C27H34N2O3. The van der Waals surface area contributed by atoms with Crippen LogP contribution in [0.5, 0.6) is 5.75 Å². The van der Waals surface area contributed by atoms with Crippen molar-refractivity contribution >= 4 is 6.09 Å². The third kappa shape index (κ3) is 4.11. The normalized spacial score (nSPS) is 27.6. The van der Waals surface area contributed by atoms with Gasteiger partial charge in [0.1, 0.15) is 11.9 Å². The molecule has 6 rings (SSSR count). The maximum absolute atomic E-state index is 12.9. The highest BCUT2D eigenvalue weighted by molar-refractivity contribution is 5.70. The zero-order chi connectivity index (χ0) is 22.3. The van der Waals surface area contributed by atoms with Gasteiger partial charge in [0.25, 0.3) is 0 Å². The topological polar surface area (TPSA) is 50.8 Å². The summed E-state index contributed by atoms with van der Waals surface area (Å²) >= 11 is 0. The van der Waals surface area contributed by atoms with E-state index in [9.17, 15) is 4.79 Å². The van der Waals surface area contributed by atoms with Crippen LogP contribution in [-0.4, -0.2) is 43.3 Å². The summed E-state index contributed by atoms with van der Waals surface area (Å²) in [4.78, 5) is 15.3. The van der Waals surface area contributed by atoms with Gasteiger partial charge in [-0.3, -0.25) is 4.90 Å². The van der Waals surface area contributed by atoms with Gasteiger partial charge in [-0.25, -0.2) is 4.79 Å². The second-order valence-electron chi connectivity index (χ2n) is 10.2. The molecule has 32 heavy (non-hydrogen) atoms. The number of benzene rings is 2. The van der Waals surface area contributed by atoms with Gasteiger partial charge in [0.05, 0.1) is 12.6 Å². The molecule has 3 heterocycles. The fourth-order valence-corrected chi connectivity index (χ4v) is 5.75. The number of carbonyl (C=O) groups excluding carboxylic acids is 1. The Bertz CT molecular complexity index is 977. The van der Waals surface area contributed by atoms with E-state index in [4.69, 9.17) is 9.47 Å². The van der Waals surface area contributed by atoms with Gasteiger partial charge in [0.2, 0.25) is 0 Å². The van der Waals surface area contributed by atoms with Crippen LogP contribution in [0.1, 0.15) is 50.8 Å². The summed E-state index contributed by atoms with van der Waals surface area (Å²) in [5.74, 6) is 1.41. The molecular weight excluding hydrogens is 400 g/mol. The second kappa shape index (κ2) is 8.43. The molecule has 1 aliphatic carbocycles. The molecule has 3 aliphatic heterocycles. The lowest BCUT2D eigenvalue weighted by Crippen LogP contribution is -2.53. The predicted octanol–water partition coefficient (Wildman–Crippen LogP) is 5.20. The number of hydrogen-bond acceptors (Lipinski definition) is 4. The van der Waals surface area contributed by atoms with E-state index in [1.807, 2.05) is 19.1 Å². The number of ether oxygens (including phenoxy) is 2. The Morgan fingerprint density at radius 3 is 2.47 bits per heavy atom. The molecule has 2 bridgehead atoms. The van der Waals surface area contributed by atoms with Gasteiger partial charge in [0, 0.05) is 6.54 Å². The monoisotopic (exact) mass is 434 g/mol. The highest BCUT2D eigenvalue weighted by Crippen LogP contribution is 2.46. The Morgan fingerprint density at radius 1 is 1.09 bits per heavy atom. The van der Waals surface area contributed by atoms with E-state index in [2.05, 4.69) is 54.4 Å². The van der Waals surface area contributed by atoms with E-state index in [1.54, 1.807) is 0 Å². The van der Waals surface area contributed by atoms with Crippen LogP contribution in [0.3, 0.4) is 0 Å². The number of fused-ring (bicyclic) bond motifs is 4. The maximum Gasteiger partial charge on any atom is 0.407 e. The summed E-state index contributed by atoms with van der Waals surface area (Å²) in [7, 11) is 0. The molecule has 4 aliphatic rings. The SMILES string of the molecule is CCOc1ccc(-c2ccc3c(c2)CC(C)(C)[C@H]3NC(=O)O[C@H]2CN3CCC2CC3)cc1. The molecule has 3 saturated heterocycles. The van der Waals surface area contributed by atoms with Gasteiger partial charge in [-0.15, -0.1) is 0 Å². The summed E-state index contributed by atoms with van der Waals surface area (Å²) in [5.41, 5.74) is 4.81. The Balaban J connectivity index is 1.30. The molecule has 2 atom stereocenters. The van der Waals surface area contributed by atoms with Crippen LogP contribution >= 0.6 is 0 Å². The van der Waals surface area contributed by atoms with Crippen LogP contribution < -0.4 is 10.1 Å². The molecule has 1 amide bonds. The lowest BCUT2D eigenvalue weighted by Gasteiger charge is -2.44. The first kappa shape index (κ1) is 21.3. The van der Waals surface area contributed by atoms with Crippen LogP contribution in [0.4, 0.5) is 4.79 Å². The number of piperidine rings is 3. The average molecular weight is 435 g/mol. The van der Waals surface area contributed by atoms with Crippen molar-refractivity contribution in [3.8, 4) is 16.9 Å².